The highest BCUT2D eigenvalue weighted by atomic mass is 16.5. The number of phenols is 1. The zero-order valence-corrected chi connectivity index (χ0v) is 11.3. The number of para-hydroxylation sites is 1. The zero-order valence-electron chi connectivity index (χ0n) is 11.3. The molecule has 4 nitrogen and oxygen atoms in total. The molecule has 1 saturated heterocycles. The zero-order chi connectivity index (χ0) is 13.7. The minimum atomic E-state index is -0.0525. The Kier molecular flexibility index (Phi) is 4.80. The number of carbonyl (C=O) groups excluding carboxylic acids is 1. The van der Waals surface area contributed by atoms with Gasteiger partial charge in [-0.2, -0.15) is 0 Å². The second-order valence-corrected chi connectivity index (χ2v) is 4.98. The van der Waals surface area contributed by atoms with Gasteiger partial charge in [-0.25, -0.2) is 0 Å². The van der Waals surface area contributed by atoms with Crippen molar-refractivity contribution in [1.29, 1.82) is 0 Å². The van der Waals surface area contributed by atoms with E-state index in [-0.39, 0.29) is 24.2 Å². The third-order valence-corrected chi connectivity index (χ3v) is 3.65. The number of hydrogen-bond acceptors (Lipinski definition) is 3. The van der Waals surface area contributed by atoms with Gasteiger partial charge in [-0.05, 0) is 18.9 Å². The number of carbonyl (C=O) groups is 1. The van der Waals surface area contributed by atoms with E-state index in [1.54, 1.807) is 18.2 Å². The third-order valence-electron chi connectivity index (χ3n) is 3.65. The van der Waals surface area contributed by atoms with Crippen molar-refractivity contribution in [3.8, 4) is 5.75 Å². The maximum Gasteiger partial charge on any atom is 0.224 e. The number of benzene rings is 1. The van der Waals surface area contributed by atoms with E-state index in [1.165, 1.54) is 0 Å². The number of ether oxygens (including phenoxy) is 1. The van der Waals surface area contributed by atoms with Gasteiger partial charge in [-0.3, -0.25) is 4.79 Å². The molecule has 0 saturated carbocycles. The van der Waals surface area contributed by atoms with E-state index >= 15 is 0 Å². The fourth-order valence-corrected chi connectivity index (χ4v) is 2.52. The monoisotopic (exact) mass is 263 g/mol. The minimum absolute atomic E-state index is 0.0525. The van der Waals surface area contributed by atoms with Crippen LogP contribution in [0.1, 0.15) is 25.3 Å². The molecule has 2 N–H and O–H groups in total. The summed E-state index contributed by atoms with van der Waals surface area (Å²) in [5.41, 5.74) is 0.662. The lowest BCUT2D eigenvalue weighted by molar-refractivity contribution is -0.120. The summed E-state index contributed by atoms with van der Waals surface area (Å²) >= 11 is 0. The quantitative estimate of drug-likeness (QED) is 0.852. The fraction of sp³-hybridized carbons (Fsp3) is 0.533. The van der Waals surface area contributed by atoms with Gasteiger partial charge in [-0.1, -0.05) is 25.1 Å². The molecule has 4 heteroatoms. The summed E-state index contributed by atoms with van der Waals surface area (Å²) < 4.78 is 5.59. The Bertz CT molecular complexity index is 433. The lowest BCUT2D eigenvalue weighted by Gasteiger charge is -2.17. The first-order valence-corrected chi connectivity index (χ1v) is 6.86. The molecule has 1 aromatic carbocycles. The first-order valence-electron chi connectivity index (χ1n) is 6.86. The summed E-state index contributed by atoms with van der Waals surface area (Å²) in [7, 11) is 0. The number of amides is 1. The van der Waals surface area contributed by atoms with Gasteiger partial charge in [0.25, 0.3) is 0 Å². The van der Waals surface area contributed by atoms with E-state index < -0.39 is 0 Å². The highest BCUT2D eigenvalue weighted by Crippen LogP contribution is 2.22. The van der Waals surface area contributed by atoms with E-state index in [4.69, 9.17) is 4.74 Å². The summed E-state index contributed by atoms with van der Waals surface area (Å²) in [4.78, 5) is 11.9. The number of rotatable bonds is 5. The molecular weight excluding hydrogens is 242 g/mol. The van der Waals surface area contributed by atoms with Crippen LogP contribution in [0.4, 0.5) is 0 Å². The van der Waals surface area contributed by atoms with E-state index in [0.717, 1.165) is 19.4 Å². The van der Waals surface area contributed by atoms with Crippen molar-refractivity contribution in [3.63, 3.8) is 0 Å². The highest BCUT2D eigenvalue weighted by Gasteiger charge is 2.26. The molecule has 1 heterocycles. The summed E-state index contributed by atoms with van der Waals surface area (Å²) in [6, 6.07) is 6.93. The maximum absolute atomic E-state index is 11.9. The van der Waals surface area contributed by atoms with Crippen molar-refractivity contribution < 1.29 is 14.6 Å². The normalized spacial score (nSPS) is 22.4. The lowest BCUT2D eigenvalue weighted by atomic mass is 9.99. The molecule has 1 aromatic rings. The Morgan fingerprint density at radius 1 is 1.47 bits per heavy atom. The standard InChI is InChI=1S/C15H21NO3/c1-2-14-12(7-8-19-14)10-16-15(18)9-11-5-3-4-6-13(11)17/h3-6,12,14,17H,2,7-10H2,1H3,(H,16,18). The van der Waals surface area contributed by atoms with Crippen LogP contribution in [-0.2, 0) is 16.0 Å². The minimum Gasteiger partial charge on any atom is -0.508 e. The molecule has 1 amide bonds. The van der Waals surface area contributed by atoms with Crippen molar-refractivity contribution >= 4 is 5.91 Å². The first-order chi connectivity index (χ1) is 9.20. The van der Waals surface area contributed by atoms with Gasteiger partial charge in [0.15, 0.2) is 0 Å². The van der Waals surface area contributed by atoms with E-state index in [9.17, 15) is 9.90 Å². The van der Waals surface area contributed by atoms with Crippen molar-refractivity contribution in [2.45, 2.75) is 32.3 Å². The fourth-order valence-electron chi connectivity index (χ4n) is 2.52. The van der Waals surface area contributed by atoms with E-state index in [2.05, 4.69) is 12.2 Å². The highest BCUT2D eigenvalue weighted by molar-refractivity contribution is 5.79. The molecule has 1 aliphatic heterocycles. The van der Waals surface area contributed by atoms with Crippen LogP contribution in [0.25, 0.3) is 0 Å². The first kappa shape index (κ1) is 13.9. The Hall–Kier alpha value is -1.55. The van der Waals surface area contributed by atoms with Crippen LogP contribution in [0, 0.1) is 5.92 Å². The molecule has 0 spiro atoms. The molecule has 19 heavy (non-hydrogen) atoms. The van der Waals surface area contributed by atoms with Crippen molar-refractivity contribution in [1.82, 2.24) is 5.32 Å². The van der Waals surface area contributed by atoms with Gasteiger partial charge < -0.3 is 15.2 Å². The predicted octanol–water partition coefficient (Wildman–Crippen LogP) is 1.87. The molecule has 0 aromatic heterocycles. The van der Waals surface area contributed by atoms with Gasteiger partial charge in [0, 0.05) is 24.6 Å². The van der Waals surface area contributed by atoms with Gasteiger partial charge >= 0.3 is 0 Å². The largest absolute Gasteiger partial charge is 0.508 e. The smallest absolute Gasteiger partial charge is 0.224 e. The van der Waals surface area contributed by atoms with Crippen LogP contribution in [0.15, 0.2) is 24.3 Å². The molecule has 104 valence electrons. The second kappa shape index (κ2) is 6.57. The predicted molar refractivity (Wildman–Crippen MR) is 73.0 cm³/mol. The number of phenolic OH excluding ortho intramolecular Hbond substituents is 1. The maximum atomic E-state index is 11.9. The van der Waals surface area contributed by atoms with Crippen LogP contribution < -0.4 is 5.32 Å². The SMILES string of the molecule is CCC1OCCC1CNC(=O)Cc1ccccc1O. The van der Waals surface area contributed by atoms with Crippen LogP contribution in [0.2, 0.25) is 0 Å². The Balaban J connectivity index is 1.80. The van der Waals surface area contributed by atoms with Gasteiger partial charge in [0.2, 0.25) is 5.91 Å². The van der Waals surface area contributed by atoms with Crippen molar-refractivity contribution in [2.24, 2.45) is 5.92 Å². The molecule has 2 unspecified atom stereocenters. The number of nitrogens with one attached hydrogen (secondary N) is 1. The van der Waals surface area contributed by atoms with E-state index in [1.807, 2.05) is 6.07 Å². The molecule has 1 aliphatic rings. The molecule has 0 aliphatic carbocycles. The number of hydrogen-bond donors (Lipinski definition) is 2. The Morgan fingerprint density at radius 2 is 2.26 bits per heavy atom. The van der Waals surface area contributed by atoms with Gasteiger partial charge in [0.1, 0.15) is 5.75 Å². The van der Waals surface area contributed by atoms with E-state index in [0.29, 0.717) is 18.0 Å². The topological polar surface area (TPSA) is 58.6 Å². The van der Waals surface area contributed by atoms with Crippen LogP contribution >= 0.6 is 0 Å². The summed E-state index contributed by atoms with van der Waals surface area (Å²) in [5, 5.41) is 12.6. The lowest BCUT2D eigenvalue weighted by Crippen LogP contribution is -2.33. The molecule has 0 bridgehead atoms. The second-order valence-electron chi connectivity index (χ2n) is 4.98. The van der Waals surface area contributed by atoms with Crippen LogP contribution in [0.5, 0.6) is 5.75 Å². The Labute approximate surface area is 113 Å². The van der Waals surface area contributed by atoms with Crippen LogP contribution in [0.3, 0.4) is 0 Å². The molecule has 1 fully saturated rings. The molecule has 2 rings (SSSR count). The van der Waals surface area contributed by atoms with Gasteiger partial charge in [0.05, 0.1) is 12.5 Å². The van der Waals surface area contributed by atoms with Crippen molar-refractivity contribution in [3.05, 3.63) is 29.8 Å². The number of aromatic hydroxyl groups is 1. The molecule has 0 radical (unpaired) electrons. The molecule has 2 atom stereocenters. The average molecular weight is 263 g/mol. The summed E-state index contributed by atoms with van der Waals surface area (Å²) in [6.07, 6.45) is 2.48. The van der Waals surface area contributed by atoms with Crippen LogP contribution in [-0.4, -0.2) is 30.3 Å². The average Bonchev–Trinajstić information content (AvgIpc) is 2.86. The third kappa shape index (κ3) is 3.70. The summed E-state index contributed by atoms with van der Waals surface area (Å²) in [5.74, 6) is 0.537. The summed E-state index contributed by atoms with van der Waals surface area (Å²) in [6.45, 7) is 3.55. The molecular formula is C15H21NO3. The van der Waals surface area contributed by atoms with Crippen molar-refractivity contribution in [2.75, 3.05) is 13.2 Å². The Morgan fingerprint density at radius 3 is 3.00 bits per heavy atom. The van der Waals surface area contributed by atoms with Gasteiger partial charge in [-0.15, -0.1) is 0 Å².